The lowest BCUT2D eigenvalue weighted by molar-refractivity contribution is -0.156. The summed E-state index contributed by atoms with van der Waals surface area (Å²) in [5.74, 6) is -1.47. The number of hydrogen-bond acceptors (Lipinski definition) is 7. The van der Waals surface area contributed by atoms with Gasteiger partial charge in [0, 0.05) is 58.6 Å². The maximum absolute atomic E-state index is 15.6. The van der Waals surface area contributed by atoms with Gasteiger partial charge >= 0.3 is 11.9 Å². The normalized spacial score (nSPS) is 12.9. The van der Waals surface area contributed by atoms with Gasteiger partial charge in [-0.05, 0) is 82.5 Å². The van der Waals surface area contributed by atoms with Crippen LogP contribution in [0, 0.1) is 11.6 Å². The molecular formula is C38H40BrF2N3O6. The van der Waals surface area contributed by atoms with Crippen LogP contribution in [-0.2, 0) is 35.6 Å². The lowest BCUT2D eigenvalue weighted by Gasteiger charge is -2.28. The van der Waals surface area contributed by atoms with Crippen molar-refractivity contribution in [2.24, 2.45) is 0 Å². The Morgan fingerprint density at radius 3 is 2.52 bits per heavy atom. The fourth-order valence-electron chi connectivity index (χ4n) is 5.58. The molecule has 0 radical (unpaired) electrons. The third kappa shape index (κ3) is 8.97. The van der Waals surface area contributed by atoms with E-state index < -0.39 is 28.6 Å². The van der Waals surface area contributed by atoms with Gasteiger partial charge in [-0.25, -0.2) is 13.8 Å². The molecule has 5 aromatic rings. The van der Waals surface area contributed by atoms with E-state index in [1.54, 1.807) is 12.4 Å². The number of fused-ring (bicyclic) bond motifs is 1. The van der Waals surface area contributed by atoms with Crippen LogP contribution in [-0.4, -0.2) is 52.3 Å². The summed E-state index contributed by atoms with van der Waals surface area (Å²) in [6.45, 7) is 9.23. The molecule has 0 aliphatic carbocycles. The number of aryl methyl sites for hydroxylation is 1. The summed E-state index contributed by atoms with van der Waals surface area (Å²) in [7, 11) is 0. The van der Waals surface area contributed by atoms with E-state index >= 15 is 8.78 Å². The second-order valence-electron chi connectivity index (χ2n) is 13.2. The quantitative estimate of drug-likeness (QED) is 0.0860. The first-order valence-corrected chi connectivity index (χ1v) is 17.0. The van der Waals surface area contributed by atoms with Gasteiger partial charge in [-0.1, -0.05) is 28.1 Å². The standard InChI is InChI=1S/C38H40BrF2N3O6/c1-23(45)48-22-38(5,24-8-6-9-25(39)18-24)33-21-43-36(44-33)29-19-26(11-12-30(29)40)49-35-28(27-13-15-42-32(27)20-31(35)41)10-7-16-47-17-14-34(46)50-37(2,3)4/h6,8-9,11-13,15,18-21,42H,7,10,14,16-17,22H2,1-5H3,(H,43,44). The van der Waals surface area contributed by atoms with Gasteiger partial charge in [0.1, 0.15) is 29.6 Å². The van der Waals surface area contributed by atoms with Crippen molar-refractivity contribution >= 4 is 38.8 Å². The minimum absolute atomic E-state index is 0.0184. The van der Waals surface area contributed by atoms with Gasteiger partial charge in [0.15, 0.2) is 11.6 Å². The van der Waals surface area contributed by atoms with E-state index in [2.05, 4.69) is 30.9 Å². The summed E-state index contributed by atoms with van der Waals surface area (Å²) < 4.78 is 54.3. The van der Waals surface area contributed by atoms with Crippen LogP contribution >= 0.6 is 15.9 Å². The number of carbonyl (C=O) groups is 2. The monoisotopic (exact) mass is 751 g/mol. The molecule has 1 unspecified atom stereocenters. The third-order valence-electron chi connectivity index (χ3n) is 8.06. The molecule has 1 atom stereocenters. The SMILES string of the molecule is CC(=O)OCC(C)(c1cccc(Br)c1)c1cnc(-c2cc(Oc3c(F)cc4[nH]ccc4c3CCCOCCC(=O)OC(C)(C)C)ccc2F)[nH]1. The highest BCUT2D eigenvalue weighted by Gasteiger charge is 2.33. The molecule has 5 rings (SSSR count). The average Bonchev–Trinajstić information content (AvgIpc) is 3.73. The molecule has 0 saturated heterocycles. The highest BCUT2D eigenvalue weighted by Crippen LogP contribution is 2.38. The Kier molecular flexibility index (Phi) is 11.4. The van der Waals surface area contributed by atoms with Crippen LogP contribution in [0.4, 0.5) is 8.78 Å². The van der Waals surface area contributed by atoms with Crippen molar-refractivity contribution in [3.8, 4) is 22.9 Å². The number of aromatic nitrogens is 3. The Morgan fingerprint density at radius 2 is 1.78 bits per heavy atom. The third-order valence-corrected chi connectivity index (χ3v) is 8.55. The second kappa shape index (κ2) is 15.6. The molecule has 2 heterocycles. The predicted molar refractivity (Wildman–Crippen MR) is 189 cm³/mol. The summed E-state index contributed by atoms with van der Waals surface area (Å²) in [5, 5.41) is 0.785. The second-order valence-corrected chi connectivity index (χ2v) is 14.1. The lowest BCUT2D eigenvalue weighted by Crippen LogP contribution is -2.31. The number of nitrogens with one attached hydrogen (secondary N) is 2. The Balaban J connectivity index is 1.36. The zero-order chi connectivity index (χ0) is 36.1. The van der Waals surface area contributed by atoms with Gasteiger partial charge in [-0.15, -0.1) is 0 Å². The number of nitrogens with zero attached hydrogens (tertiary/aromatic N) is 1. The molecule has 0 aliphatic heterocycles. The number of imidazole rings is 1. The molecule has 0 bridgehead atoms. The summed E-state index contributed by atoms with van der Waals surface area (Å²) >= 11 is 3.50. The Labute approximate surface area is 297 Å². The molecule has 50 heavy (non-hydrogen) atoms. The van der Waals surface area contributed by atoms with Crippen LogP contribution < -0.4 is 4.74 Å². The molecule has 12 heteroatoms. The Hall–Kier alpha value is -4.55. The molecule has 0 saturated carbocycles. The fraction of sp³-hybridized carbons (Fsp3) is 0.342. The lowest BCUT2D eigenvalue weighted by atomic mass is 9.80. The summed E-state index contributed by atoms with van der Waals surface area (Å²) in [4.78, 5) is 34.5. The minimum Gasteiger partial charge on any atom is -0.465 e. The molecular weight excluding hydrogens is 712 g/mol. The van der Waals surface area contributed by atoms with E-state index in [0.717, 1.165) is 15.4 Å². The van der Waals surface area contributed by atoms with E-state index in [1.165, 1.54) is 31.2 Å². The van der Waals surface area contributed by atoms with Crippen molar-refractivity contribution < 1.29 is 37.3 Å². The fourth-order valence-corrected chi connectivity index (χ4v) is 5.98. The Bertz CT molecular complexity index is 1980. The smallest absolute Gasteiger partial charge is 0.308 e. The number of aromatic amines is 2. The van der Waals surface area contributed by atoms with Crippen molar-refractivity contribution in [1.29, 1.82) is 0 Å². The van der Waals surface area contributed by atoms with Crippen LogP contribution in [0.25, 0.3) is 22.3 Å². The average molecular weight is 753 g/mol. The molecule has 2 N–H and O–H groups in total. The number of rotatable bonds is 14. The van der Waals surface area contributed by atoms with E-state index in [-0.39, 0.29) is 48.5 Å². The molecule has 3 aromatic carbocycles. The molecule has 0 aliphatic rings. The van der Waals surface area contributed by atoms with Gasteiger partial charge in [0.25, 0.3) is 0 Å². The molecule has 0 spiro atoms. The number of halogens is 3. The largest absolute Gasteiger partial charge is 0.465 e. The van der Waals surface area contributed by atoms with E-state index in [1.807, 2.05) is 58.0 Å². The minimum atomic E-state index is -0.839. The number of ether oxygens (including phenoxy) is 4. The van der Waals surface area contributed by atoms with Crippen molar-refractivity contribution in [3.63, 3.8) is 0 Å². The van der Waals surface area contributed by atoms with Gasteiger partial charge in [0.2, 0.25) is 0 Å². The van der Waals surface area contributed by atoms with Crippen molar-refractivity contribution in [1.82, 2.24) is 15.0 Å². The van der Waals surface area contributed by atoms with Crippen molar-refractivity contribution in [3.05, 3.63) is 99.9 Å². The maximum atomic E-state index is 15.6. The van der Waals surface area contributed by atoms with E-state index in [9.17, 15) is 9.59 Å². The maximum Gasteiger partial charge on any atom is 0.308 e. The molecule has 0 fully saturated rings. The summed E-state index contributed by atoms with van der Waals surface area (Å²) in [6, 6.07) is 14.9. The first-order valence-electron chi connectivity index (χ1n) is 16.2. The van der Waals surface area contributed by atoms with Crippen molar-refractivity contribution in [2.45, 2.75) is 64.9 Å². The molecule has 2 aromatic heterocycles. The molecule has 264 valence electrons. The molecule has 9 nitrogen and oxygen atoms in total. The number of hydrogen-bond donors (Lipinski definition) is 2. The first kappa shape index (κ1) is 36.7. The van der Waals surface area contributed by atoms with Crippen LogP contribution in [0.5, 0.6) is 11.5 Å². The van der Waals surface area contributed by atoms with Crippen LogP contribution in [0.1, 0.15) is 64.3 Å². The van der Waals surface area contributed by atoms with Crippen molar-refractivity contribution in [2.75, 3.05) is 19.8 Å². The number of carbonyl (C=O) groups excluding carboxylic acids is 2. The van der Waals surface area contributed by atoms with E-state index in [0.29, 0.717) is 36.2 Å². The Morgan fingerprint density at radius 1 is 0.980 bits per heavy atom. The molecule has 0 amide bonds. The van der Waals surface area contributed by atoms with Gasteiger partial charge in [-0.3, -0.25) is 9.59 Å². The first-order chi connectivity index (χ1) is 23.7. The summed E-state index contributed by atoms with van der Waals surface area (Å²) in [6.07, 6.45) is 4.39. The number of benzene rings is 3. The highest BCUT2D eigenvalue weighted by molar-refractivity contribution is 9.10. The zero-order valence-corrected chi connectivity index (χ0v) is 30.2. The highest BCUT2D eigenvalue weighted by atomic mass is 79.9. The van der Waals surface area contributed by atoms with E-state index in [4.69, 9.17) is 18.9 Å². The number of H-pyrrole nitrogens is 2. The van der Waals surface area contributed by atoms with Crippen LogP contribution in [0.2, 0.25) is 0 Å². The summed E-state index contributed by atoms with van der Waals surface area (Å²) in [5.41, 5.74) is 1.39. The van der Waals surface area contributed by atoms with Gasteiger partial charge < -0.3 is 28.9 Å². The van der Waals surface area contributed by atoms with Gasteiger partial charge in [0.05, 0.1) is 24.0 Å². The van der Waals surface area contributed by atoms with Crippen LogP contribution in [0.15, 0.2) is 71.5 Å². The zero-order valence-electron chi connectivity index (χ0n) is 28.6. The van der Waals surface area contributed by atoms with Crippen LogP contribution in [0.3, 0.4) is 0 Å². The topological polar surface area (TPSA) is 116 Å². The predicted octanol–water partition coefficient (Wildman–Crippen LogP) is 8.94. The van der Waals surface area contributed by atoms with Gasteiger partial charge in [-0.2, -0.15) is 0 Å². The number of esters is 2.